The third-order valence-electron chi connectivity index (χ3n) is 1.91. The van der Waals surface area contributed by atoms with E-state index in [0.717, 1.165) is 0 Å². The highest BCUT2D eigenvalue weighted by atomic mass is 127. The minimum absolute atomic E-state index is 0.277. The van der Waals surface area contributed by atoms with Crippen LogP contribution in [0.5, 0.6) is 0 Å². The van der Waals surface area contributed by atoms with Crippen molar-refractivity contribution in [1.29, 1.82) is 0 Å². The molecule has 0 amide bonds. The molecule has 0 saturated heterocycles. The van der Waals surface area contributed by atoms with Gasteiger partial charge in [-0.05, 0) is 41.6 Å². The predicted octanol–water partition coefficient (Wildman–Crippen LogP) is 1.74. The summed E-state index contributed by atoms with van der Waals surface area (Å²) >= 11 is 1.80. The van der Waals surface area contributed by atoms with Crippen molar-refractivity contribution in [2.24, 2.45) is 5.73 Å². The van der Waals surface area contributed by atoms with Crippen molar-refractivity contribution < 1.29 is 13.9 Å². The number of aliphatic hydroxyl groups excluding tert-OH is 1. The van der Waals surface area contributed by atoms with Gasteiger partial charge < -0.3 is 10.8 Å². The molecule has 0 bridgehead atoms. The first kappa shape index (κ1) is 11.8. The lowest BCUT2D eigenvalue weighted by Gasteiger charge is -2.23. The Morgan fingerprint density at radius 1 is 1.43 bits per heavy atom. The maximum atomic E-state index is 13.4. The maximum Gasteiger partial charge on any atom is 0.132 e. The van der Waals surface area contributed by atoms with Gasteiger partial charge in [-0.1, -0.05) is 0 Å². The van der Waals surface area contributed by atoms with Crippen LogP contribution in [-0.2, 0) is 5.54 Å². The summed E-state index contributed by atoms with van der Waals surface area (Å²) in [4.78, 5) is 0. The number of rotatable bonds is 2. The van der Waals surface area contributed by atoms with Gasteiger partial charge in [0.05, 0.1) is 12.1 Å². The van der Waals surface area contributed by atoms with Gasteiger partial charge in [-0.15, -0.1) is 0 Å². The van der Waals surface area contributed by atoms with Crippen LogP contribution in [0, 0.1) is 15.2 Å². The number of aliphatic hydroxyl groups is 1. The standard InChI is InChI=1S/C9H10F2INO/c1-9(13,4-14)8-6(10)2-5(12)3-7(8)11/h2-3,14H,4,13H2,1H3/t9-/m0/s1. The fourth-order valence-corrected chi connectivity index (χ4v) is 1.71. The van der Waals surface area contributed by atoms with E-state index >= 15 is 0 Å². The van der Waals surface area contributed by atoms with E-state index in [9.17, 15) is 8.78 Å². The number of nitrogens with two attached hydrogens (primary N) is 1. The number of benzene rings is 1. The summed E-state index contributed by atoms with van der Waals surface area (Å²) in [7, 11) is 0. The van der Waals surface area contributed by atoms with Gasteiger partial charge in [0.2, 0.25) is 0 Å². The third-order valence-corrected chi connectivity index (χ3v) is 2.53. The fraction of sp³-hybridized carbons (Fsp3) is 0.333. The highest BCUT2D eigenvalue weighted by Crippen LogP contribution is 2.25. The molecule has 14 heavy (non-hydrogen) atoms. The fourth-order valence-electron chi connectivity index (χ4n) is 1.17. The van der Waals surface area contributed by atoms with Gasteiger partial charge in [-0.3, -0.25) is 0 Å². The summed E-state index contributed by atoms with van der Waals surface area (Å²) in [5.74, 6) is -1.46. The molecular weight excluding hydrogens is 303 g/mol. The summed E-state index contributed by atoms with van der Waals surface area (Å²) < 4.78 is 27.2. The normalized spacial score (nSPS) is 15.3. The van der Waals surface area contributed by atoms with E-state index in [1.54, 1.807) is 22.6 Å². The second-order valence-electron chi connectivity index (χ2n) is 3.32. The van der Waals surface area contributed by atoms with Gasteiger partial charge in [-0.2, -0.15) is 0 Å². The molecule has 0 radical (unpaired) electrons. The van der Waals surface area contributed by atoms with Crippen molar-refractivity contribution in [3.05, 3.63) is 32.9 Å². The summed E-state index contributed by atoms with van der Waals surface area (Å²) in [6.45, 7) is 0.864. The van der Waals surface area contributed by atoms with E-state index in [-0.39, 0.29) is 5.56 Å². The maximum absolute atomic E-state index is 13.4. The molecule has 0 aliphatic carbocycles. The van der Waals surface area contributed by atoms with Crippen LogP contribution in [0.15, 0.2) is 12.1 Å². The molecule has 1 rings (SSSR count). The molecule has 0 aliphatic heterocycles. The summed E-state index contributed by atoms with van der Waals surface area (Å²) in [5, 5.41) is 8.91. The molecule has 0 heterocycles. The smallest absolute Gasteiger partial charge is 0.132 e. The molecule has 0 saturated carbocycles. The van der Waals surface area contributed by atoms with Crippen molar-refractivity contribution in [2.45, 2.75) is 12.5 Å². The van der Waals surface area contributed by atoms with E-state index in [0.29, 0.717) is 3.57 Å². The van der Waals surface area contributed by atoms with Crippen molar-refractivity contribution >= 4 is 22.6 Å². The van der Waals surface area contributed by atoms with E-state index in [2.05, 4.69) is 0 Å². The Balaban J connectivity index is 3.35. The first-order valence-electron chi connectivity index (χ1n) is 3.93. The quantitative estimate of drug-likeness (QED) is 0.817. The van der Waals surface area contributed by atoms with Gasteiger partial charge in [0.15, 0.2) is 0 Å². The number of hydrogen-bond acceptors (Lipinski definition) is 2. The lowest BCUT2D eigenvalue weighted by Crippen LogP contribution is -2.39. The SMILES string of the molecule is C[C@](N)(CO)c1c(F)cc(I)cc1F. The monoisotopic (exact) mass is 313 g/mol. The zero-order valence-electron chi connectivity index (χ0n) is 7.52. The Morgan fingerprint density at radius 3 is 2.21 bits per heavy atom. The van der Waals surface area contributed by atoms with Crippen molar-refractivity contribution in [3.8, 4) is 0 Å². The molecule has 2 nitrogen and oxygen atoms in total. The van der Waals surface area contributed by atoms with E-state index < -0.39 is 23.8 Å². The minimum atomic E-state index is -1.39. The third kappa shape index (κ3) is 2.21. The van der Waals surface area contributed by atoms with Crippen LogP contribution in [0.1, 0.15) is 12.5 Å². The highest BCUT2D eigenvalue weighted by Gasteiger charge is 2.28. The Labute approximate surface area is 94.3 Å². The highest BCUT2D eigenvalue weighted by molar-refractivity contribution is 14.1. The molecule has 0 unspecified atom stereocenters. The molecule has 1 aromatic carbocycles. The average Bonchev–Trinajstić information content (AvgIpc) is 2.01. The average molecular weight is 313 g/mol. The second-order valence-corrected chi connectivity index (χ2v) is 4.57. The van der Waals surface area contributed by atoms with Crippen LogP contribution in [0.4, 0.5) is 8.78 Å². The Morgan fingerprint density at radius 2 is 1.86 bits per heavy atom. The minimum Gasteiger partial charge on any atom is -0.394 e. The van der Waals surface area contributed by atoms with E-state index in [4.69, 9.17) is 10.8 Å². The van der Waals surface area contributed by atoms with Crippen LogP contribution in [0.2, 0.25) is 0 Å². The summed E-state index contributed by atoms with van der Waals surface area (Å²) in [6.07, 6.45) is 0. The van der Waals surface area contributed by atoms with Gasteiger partial charge in [0, 0.05) is 9.13 Å². The largest absolute Gasteiger partial charge is 0.394 e. The molecule has 0 aromatic heterocycles. The summed E-state index contributed by atoms with van der Waals surface area (Å²) in [6, 6.07) is 2.36. The van der Waals surface area contributed by atoms with E-state index in [1.165, 1.54) is 19.1 Å². The second kappa shape index (κ2) is 4.08. The first-order valence-corrected chi connectivity index (χ1v) is 5.01. The van der Waals surface area contributed by atoms with Crippen LogP contribution < -0.4 is 5.73 Å². The molecular formula is C9H10F2INO. The Kier molecular flexibility index (Phi) is 3.44. The Hall–Kier alpha value is -0.270. The Bertz CT molecular complexity index is 332. The summed E-state index contributed by atoms with van der Waals surface area (Å²) in [5.41, 5.74) is 3.89. The molecule has 3 N–H and O–H groups in total. The van der Waals surface area contributed by atoms with Gasteiger partial charge >= 0.3 is 0 Å². The lowest BCUT2D eigenvalue weighted by atomic mass is 9.93. The van der Waals surface area contributed by atoms with Crippen LogP contribution in [-0.4, -0.2) is 11.7 Å². The molecule has 0 spiro atoms. The predicted molar refractivity (Wildman–Crippen MR) is 57.7 cm³/mol. The zero-order valence-corrected chi connectivity index (χ0v) is 9.68. The molecule has 0 fully saturated rings. The van der Waals surface area contributed by atoms with Crippen molar-refractivity contribution in [1.82, 2.24) is 0 Å². The molecule has 78 valence electrons. The lowest BCUT2D eigenvalue weighted by molar-refractivity contribution is 0.202. The molecule has 5 heteroatoms. The number of hydrogen-bond donors (Lipinski definition) is 2. The van der Waals surface area contributed by atoms with E-state index in [1.807, 2.05) is 0 Å². The topological polar surface area (TPSA) is 46.2 Å². The molecule has 1 aromatic rings. The van der Waals surface area contributed by atoms with Crippen LogP contribution in [0.3, 0.4) is 0 Å². The first-order chi connectivity index (χ1) is 6.38. The van der Waals surface area contributed by atoms with Gasteiger partial charge in [0.25, 0.3) is 0 Å². The van der Waals surface area contributed by atoms with Crippen LogP contribution in [0.25, 0.3) is 0 Å². The van der Waals surface area contributed by atoms with Crippen LogP contribution >= 0.6 is 22.6 Å². The van der Waals surface area contributed by atoms with Crippen molar-refractivity contribution in [2.75, 3.05) is 6.61 Å². The zero-order chi connectivity index (χ0) is 10.9. The number of halogens is 3. The van der Waals surface area contributed by atoms with Gasteiger partial charge in [-0.25, -0.2) is 8.78 Å². The molecule has 1 atom stereocenters. The van der Waals surface area contributed by atoms with Gasteiger partial charge in [0.1, 0.15) is 11.6 Å². The molecule has 0 aliphatic rings. The van der Waals surface area contributed by atoms with Crippen molar-refractivity contribution in [3.63, 3.8) is 0 Å².